The topological polar surface area (TPSA) is 112 Å². The molecular weight excluding hydrogens is 380 g/mol. The molecule has 9 nitrogen and oxygen atoms in total. The molecule has 1 aromatic heterocycles. The fourth-order valence-electron chi connectivity index (χ4n) is 3.04. The fraction of sp³-hybridized carbons (Fsp3) is 0.722. The number of urea groups is 1. The van der Waals surface area contributed by atoms with Gasteiger partial charge in [-0.2, -0.15) is 0 Å². The van der Waals surface area contributed by atoms with Crippen LogP contribution < -0.4 is 0 Å². The molecule has 0 unspecified atom stereocenters. The Hall–Kier alpha value is -2.32. The van der Waals surface area contributed by atoms with E-state index >= 15 is 0 Å². The third-order valence-electron chi connectivity index (χ3n) is 4.52. The van der Waals surface area contributed by atoms with E-state index in [0.717, 1.165) is 12.1 Å². The first-order valence-corrected chi connectivity index (χ1v) is 10.3. The summed E-state index contributed by atoms with van der Waals surface area (Å²) in [5.41, 5.74) is 8.55. The SMILES string of the molecule is CC[C@H](C)[C@@H](C(=O)OC(C)(C)C)N1CCN(Cc2csc(CN=[N+]=[N-])n2)C1=O. The van der Waals surface area contributed by atoms with Crippen molar-refractivity contribution in [3.05, 3.63) is 26.5 Å². The molecule has 0 N–H and O–H groups in total. The number of ether oxygens (including phenoxy) is 1. The van der Waals surface area contributed by atoms with Crippen LogP contribution in [0.15, 0.2) is 10.5 Å². The quantitative estimate of drug-likeness (QED) is 0.280. The number of amides is 2. The van der Waals surface area contributed by atoms with Crippen molar-refractivity contribution in [3.8, 4) is 0 Å². The summed E-state index contributed by atoms with van der Waals surface area (Å²) in [5, 5.41) is 6.07. The van der Waals surface area contributed by atoms with Crippen LogP contribution in [0.3, 0.4) is 0 Å². The second-order valence-corrected chi connectivity index (χ2v) is 8.83. The number of esters is 1. The number of hydrogen-bond donors (Lipinski definition) is 0. The molecule has 1 saturated heterocycles. The van der Waals surface area contributed by atoms with Crippen molar-refractivity contribution < 1.29 is 14.3 Å². The normalized spacial score (nSPS) is 16.7. The van der Waals surface area contributed by atoms with Crippen LogP contribution in [-0.2, 0) is 22.6 Å². The zero-order valence-electron chi connectivity index (χ0n) is 17.1. The Morgan fingerprint density at radius 2 is 2.18 bits per heavy atom. The molecule has 1 aromatic rings. The average molecular weight is 409 g/mol. The largest absolute Gasteiger partial charge is 0.458 e. The number of hydrogen-bond acceptors (Lipinski definition) is 6. The third kappa shape index (κ3) is 5.59. The Labute approximate surface area is 169 Å². The smallest absolute Gasteiger partial charge is 0.329 e. The van der Waals surface area contributed by atoms with Gasteiger partial charge in [-0.1, -0.05) is 25.4 Å². The van der Waals surface area contributed by atoms with Crippen molar-refractivity contribution in [1.29, 1.82) is 0 Å². The second kappa shape index (κ2) is 9.25. The number of nitrogens with zero attached hydrogens (tertiary/aromatic N) is 6. The van der Waals surface area contributed by atoms with E-state index in [1.54, 1.807) is 9.80 Å². The Bertz CT molecular complexity index is 753. The van der Waals surface area contributed by atoms with Crippen LogP contribution in [0.1, 0.15) is 51.7 Å². The second-order valence-electron chi connectivity index (χ2n) is 7.88. The Kier molecular flexibility index (Phi) is 7.26. The van der Waals surface area contributed by atoms with E-state index < -0.39 is 11.6 Å². The summed E-state index contributed by atoms with van der Waals surface area (Å²) in [6.45, 7) is 11.0. The Morgan fingerprint density at radius 1 is 1.46 bits per heavy atom. The van der Waals surface area contributed by atoms with E-state index in [1.165, 1.54) is 11.3 Å². The van der Waals surface area contributed by atoms with Gasteiger partial charge in [0.15, 0.2) is 0 Å². The van der Waals surface area contributed by atoms with E-state index in [9.17, 15) is 9.59 Å². The highest BCUT2D eigenvalue weighted by Gasteiger charge is 2.41. The van der Waals surface area contributed by atoms with Gasteiger partial charge in [-0.05, 0) is 32.2 Å². The number of thiazole rings is 1. The molecule has 2 rings (SSSR count). The van der Waals surface area contributed by atoms with Crippen molar-refractivity contribution in [1.82, 2.24) is 14.8 Å². The molecule has 0 bridgehead atoms. The summed E-state index contributed by atoms with van der Waals surface area (Å²) in [7, 11) is 0. The number of rotatable bonds is 8. The molecule has 0 aromatic carbocycles. The van der Waals surface area contributed by atoms with Crippen LogP contribution in [0.2, 0.25) is 0 Å². The van der Waals surface area contributed by atoms with Crippen molar-refractivity contribution in [3.63, 3.8) is 0 Å². The van der Waals surface area contributed by atoms with Crippen molar-refractivity contribution in [2.24, 2.45) is 11.0 Å². The molecule has 0 aliphatic carbocycles. The molecular formula is C18H28N6O3S. The monoisotopic (exact) mass is 408 g/mol. The summed E-state index contributed by atoms with van der Waals surface area (Å²) in [5.74, 6) is -0.365. The molecule has 2 amide bonds. The molecule has 28 heavy (non-hydrogen) atoms. The predicted octanol–water partition coefficient (Wildman–Crippen LogP) is 3.95. The van der Waals surface area contributed by atoms with E-state index in [4.69, 9.17) is 10.3 Å². The highest BCUT2D eigenvalue weighted by atomic mass is 32.1. The van der Waals surface area contributed by atoms with Gasteiger partial charge in [0.1, 0.15) is 11.6 Å². The maximum atomic E-state index is 13.0. The van der Waals surface area contributed by atoms with Crippen molar-refractivity contribution in [2.45, 2.75) is 65.8 Å². The maximum absolute atomic E-state index is 13.0. The summed E-state index contributed by atoms with van der Waals surface area (Å²) < 4.78 is 5.58. The summed E-state index contributed by atoms with van der Waals surface area (Å²) >= 11 is 1.40. The molecule has 1 aliphatic rings. The lowest BCUT2D eigenvalue weighted by Crippen LogP contribution is -2.49. The number of aromatic nitrogens is 1. The Balaban J connectivity index is 2.09. The van der Waals surface area contributed by atoms with Crippen molar-refractivity contribution >= 4 is 23.3 Å². The van der Waals surface area contributed by atoms with Gasteiger partial charge < -0.3 is 14.5 Å². The van der Waals surface area contributed by atoms with Crippen LogP contribution in [0, 0.1) is 5.92 Å². The van der Waals surface area contributed by atoms with Crippen LogP contribution in [0.25, 0.3) is 10.4 Å². The minimum Gasteiger partial charge on any atom is -0.458 e. The molecule has 154 valence electrons. The van der Waals surface area contributed by atoms with E-state index in [0.29, 0.717) is 24.6 Å². The number of carbonyl (C=O) groups is 2. The lowest BCUT2D eigenvalue weighted by Gasteiger charge is -2.32. The number of azide groups is 1. The first-order valence-electron chi connectivity index (χ1n) is 9.38. The third-order valence-corrected chi connectivity index (χ3v) is 5.40. The van der Waals surface area contributed by atoms with Crippen molar-refractivity contribution in [2.75, 3.05) is 13.1 Å². The molecule has 0 spiro atoms. The molecule has 2 atom stereocenters. The zero-order chi connectivity index (χ0) is 20.9. The van der Waals surface area contributed by atoms with Crippen LogP contribution in [-0.4, -0.2) is 51.5 Å². The highest BCUT2D eigenvalue weighted by molar-refractivity contribution is 7.09. The maximum Gasteiger partial charge on any atom is 0.329 e. The summed E-state index contributed by atoms with van der Waals surface area (Å²) in [6, 6.07) is -0.779. The van der Waals surface area contributed by atoms with Crippen LogP contribution >= 0.6 is 11.3 Å². The molecule has 10 heteroatoms. The van der Waals surface area contributed by atoms with Gasteiger partial charge in [0.2, 0.25) is 0 Å². The first kappa shape index (κ1) is 22.0. The van der Waals surface area contributed by atoms with E-state index in [1.807, 2.05) is 40.0 Å². The van der Waals surface area contributed by atoms with Gasteiger partial charge in [-0.3, -0.25) is 0 Å². The lowest BCUT2D eigenvalue weighted by atomic mass is 9.97. The average Bonchev–Trinajstić information content (AvgIpc) is 3.20. The predicted molar refractivity (Wildman–Crippen MR) is 107 cm³/mol. The zero-order valence-corrected chi connectivity index (χ0v) is 17.9. The molecule has 2 heterocycles. The lowest BCUT2D eigenvalue weighted by molar-refractivity contribution is -0.162. The highest BCUT2D eigenvalue weighted by Crippen LogP contribution is 2.25. The van der Waals surface area contributed by atoms with Gasteiger partial charge in [0.25, 0.3) is 0 Å². The van der Waals surface area contributed by atoms with E-state index in [2.05, 4.69) is 15.0 Å². The minimum absolute atomic E-state index is 0.00605. The molecule has 1 aliphatic heterocycles. The fourth-order valence-corrected chi connectivity index (χ4v) is 3.74. The van der Waals surface area contributed by atoms with Gasteiger partial charge in [-0.25, -0.2) is 14.6 Å². The van der Waals surface area contributed by atoms with E-state index in [-0.39, 0.29) is 24.5 Å². The first-order chi connectivity index (χ1) is 13.2. The van der Waals surface area contributed by atoms with Gasteiger partial charge >= 0.3 is 12.0 Å². The molecule has 0 saturated carbocycles. The van der Waals surface area contributed by atoms with Gasteiger partial charge in [-0.15, -0.1) is 11.3 Å². The molecule has 1 fully saturated rings. The van der Waals surface area contributed by atoms with Crippen LogP contribution in [0.4, 0.5) is 4.79 Å². The summed E-state index contributed by atoms with van der Waals surface area (Å²) in [4.78, 5) is 36.2. The molecule has 0 radical (unpaired) electrons. The standard InChI is InChI=1S/C18H28N6O3S/c1-6-12(2)15(16(25)27-18(3,4)5)24-8-7-23(17(24)26)10-13-11-28-14(21-13)9-20-22-19/h11-12,15H,6-10H2,1-5H3/t12-,15-/m0/s1. The van der Waals surface area contributed by atoms with Gasteiger partial charge in [0, 0.05) is 23.4 Å². The van der Waals surface area contributed by atoms with Crippen LogP contribution in [0.5, 0.6) is 0 Å². The van der Waals surface area contributed by atoms with Gasteiger partial charge in [0.05, 0.1) is 23.8 Å². The number of carbonyl (C=O) groups excluding carboxylic acids is 2. The summed E-state index contributed by atoms with van der Waals surface area (Å²) in [6.07, 6.45) is 0.766. The minimum atomic E-state index is -0.603. The Morgan fingerprint density at radius 3 is 2.79 bits per heavy atom.